The zero-order valence-electron chi connectivity index (χ0n) is 22.8. The number of pyridine rings is 1. The molecule has 0 atom stereocenters. The van der Waals surface area contributed by atoms with Crippen LogP contribution in [0.15, 0.2) is 91.1 Å². The summed E-state index contributed by atoms with van der Waals surface area (Å²) in [5.74, 6) is -0.292. The molecule has 7 nitrogen and oxygen atoms in total. The van der Waals surface area contributed by atoms with Crippen molar-refractivity contribution in [2.24, 2.45) is 0 Å². The second kappa shape index (κ2) is 13.6. The molecular weight excluding hydrogens is 572 g/mol. The minimum atomic E-state index is -0.582. The number of ether oxygens (including phenoxy) is 1. The van der Waals surface area contributed by atoms with E-state index in [9.17, 15) is 4.79 Å². The fourth-order valence-electron chi connectivity index (χ4n) is 4.37. The van der Waals surface area contributed by atoms with E-state index in [0.29, 0.717) is 18.0 Å². The van der Waals surface area contributed by atoms with E-state index in [1.54, 1.807) is 18.3 Å². The molecule has 0 saturated carbocycles. The molecule has 0 saturated heterocycles. The Morgan fingerprint density at radius 2 is 1.81 bits per heavy atom. The third-order valence-corrected chi connectivity index (χ3v) is 7.81. The number of fused-ring (bicyclic) bond motifs is 1. The van der Waals surface area contributed by atoms with Crippen molar-refractivity contribution in [3.8, 4) is 21.9 Å². The summed E-state index contributed by atoms with van der Waals surface area (Å²) in [6.45, 7) is 1.50. The molecule has 2 aromatic heterocycles. The zero-order valence-corrected chi connectivity index (χ0v) is 24.5. The van der Waals surface area contributed by atoms with E-state index in [4.69, 9.17) is 22.1 Å². The van der Waals surface area contributed by atoms with Gasteiger partial charge in [0, 0.05) is 42.0 Å². The van der Waals surface area contributed by atoms with E-state index in [1.165, 1.54) is 23.5 Å². The summed E-state index contributed by atoms with van der Waals surface area (Å²) in [7, 11) is 1.97. The number of likely N-dealkylation sites (N-methyl/N-ethyl adjacent to an activating group) is 1. The fraction of sp³-hybridized carbons (Fsp3) is 0.156. The van der Waals surface area contributed by atoms with Gasteiger partial charge in [0.05, 0.1) is 23.2 Å². The Bertz CT molecular complexity index is 1690. The topological polar surface area (TPSA) is 86.7 Å². The standard InChI is InChI=1S/C32H29FN4O3S2/c1-37(15-16-38)20-22-7-9-23(10-8-22)29-19-26-31(42-29)28(13-14-34-26)40-27-12-11-24(18-25(27)33)35-32(41)36-30(39)17-21-5-3-2-4-6-21/h2-14,18-19,38H,15-17,20H2,1H3,(H2,35,36,39,41). The second-order valence-corrected chi connectivity index (χ2v) is 11.2. The van der Waals surface area contributed by atoms with E-state index < -0.39 is 5.82 Å². The van der Waals surface area contributed by atoms with Gasteiger partial charge in [-0.2, -0.15) is 0 Å². The van der Waals surface area contributed by atoms with Gasteiger partial charge < -0.3 is 20.5 Å². The van der Waals surface area contributed by atoms with E-state index in [0.717, 1.165) is 38.3 Å². The van der Waals surface area contributed by atoms with Gasteiger partial charge in [-0.15, -0.1) is 11.3 Å². The van der Waals surface area contributed by atoms with Gasteiger partial charge in [-0.05, 0) is 54.2 Å². The number of anilines is 1. The molecule has 10 heteroatoms. The quantitative estimate of drug-likeness (QED) is 0.161. The highest BCUT2D eigenvalue weighted by molar-refractivity contribution is 7.80. The van der Waals surface area contributed by atoms with Crippen LogP contribution in [0.1, 0.15) is 11.1 Å². The average molecular weight is 601 g/mol. The fourth-order valence-corrected chi connectivity index (χ4v) is 5.67. The molecule has 0 bridgehead atoms. The van der Waals surface area contributed by atoms with Crippen LogP contribution in [0.2, 0.25) is 0 Å². The monoisotopic (exact) mass is 600 g/mol. The molecule has 42 heavy (non-hydrogen) atoms. The predicted molar refractivity (Wildman–Crippen MR) is 169 cm³/mol. The number of hydrogen-bond donors (Lipinski definition) is 3. The van der Waals surface area contributed by atoms with Crippen LogP contribution in [-0.2, 0) is 17.8 Å². The van der Waals surface area contributed by atoms with E-state index in [1.807, 2.05) is 43.4 Å². The Morgan fingerprint density at radius 3 is 2.55 bits per heavy atom. The highest BCUT2D eigenvalue weighted by Gasteiger charge is 2.14. The Hall–Kier alpha value is -4.22. The number of nitrogens with zero attached hydrogens (tertiary/aromatic N) is 2. The number of carbonyl (C=O) groups is 1. The molecule has 0 fully saturated rings. The average Bonchev–Trinajstić information content (AvgIpc) is 3.41. The first-order valence-electron chi connectivity index (χ1n) is 13.3. The number of nitrogens with one attached hydrogen (secondary N) is 2. The van der Waals surface area contributed by atoms with Gasteiger partial charge in [0.25, 0.3) is 0 Å². The first-order chi connectivity index (χ1) is 20.4. The van der Waals surface area contributed by atoms with Crippen LogP contribution in [0.5, 0.6) is 11.5 Å². The van der Waals surface area contributed by atoms with Crippen molar-refractivity contribution in [2.75, 3.05) is 25.5 Å². The number of thiocarbonyl (C=S) groups is 1. The number of aliphatic hydroxyl groups excluding tert-OH is 1. The highest BCUT2D eigenvalue weighted by Crippen LogP contribution is 2.39. The molecule has 0 aliphatic rings. The van der Waals surface area contributed by atoms with E-state index in [2.05, 4.69) is 44.8 Å². The van der Waals surface area contributed by atoms with E-state index in [-0.39, 0.29) is 29.8 Å². The lowest BCUT2D eigenvalue weighted by molar-refractivity contribution is -0.119. The van der Waals surface area contributed by atoms with Crippen molar-refractivity contribution < 1.29 is 19.0 Å². The number of thiophene rings is 1. The van der Waals surface area contributed by atoms with Crippen LogP contribution in [-0.4, -0.2) is 46.2 Å². The van der Waals surface area contributed by atoms with Crippen LogP contribution in [0.4, 0.5) is 10.1 Å². The summed E-state index contributed by atoms with van der Waals surface area (Å²) in [5.41, 5.74) is 4.21. The van der Waals surface area contributed by atoms with Gasteiger partial charge in [0.15, 0.2) is 16.7 Å². The Balaban J connectivity index is 1.24. The number of carbonyl (C=O) groups excluding carboxylic acids is 1. The maximum absolute atomic E-state index is 15.1. The number of aliphatic hydroxyl groups is 1. The third kappa shape index (κ3) is 7.54. The minimum absolute atomic E-state index is 0.0541. The van der Waals surface area contributed by atoms with Gasteiger partial charge in [0.1, 0.15) is 5.75 Å². The molecule has 0 aliphatic heterocycles. The smallest absolute Gasteiger partial charge is 0.230 e. The first-order valence-corrected chi connectivity index (χ1v) is 14.5. The first kappa shape index (κ1) is 29.3. The van der Waals surface area contributed by atoms with Crippen molar-refractivity contribution >= 4 is 50.5 Å². The molecule has 5 rings (SSSR count). The van der Waals surface area contributed by atoms with Gasteiger partial charge in [-0.25, -0.2) is 4.39 Å². The molecule has 0 aliphatic carbocycles. The van der Waals surface area contributed by atoms with Gasteiger partial charge in [-0.1, -0.05) is 54.6 Å². The number of halogens is 1. The minimum Gasteiger partial charge on any atom is -0.453 e. The Morgan fingerprint density at radius 1 is 1.02 bits per heavy atom. The Kier molecular flexibility index (Phi) is 9.50. The third-order valence-electron chi connectivity index (χ3n) is 6.42. The molecule has 0 spiro atoms. The van der Waals surface area contributed by atoms with Crippen molar-refractivity contribution in [2.45, 2.75) is 13.0 Å². The van der Waals surface area contributed by atoms with Crippen molar-refractivity contribution in [3.63, 3.8) is 0 Å². The summed E-state index contributed by atoms with van der Waals surface area (Å²) < 4.78 is 21.9. The summed E-state index contributed by atoms with van der Waals surface area (Å²) in [4.78, 5) is 19.8. The lowest BCUT2D eigenvalue weighted by atomic mass is 10.1. The van der Waals surface area contributed by atoms with Crippen LogP contribution in [0.3, 0.4) is 0 Å². The van der Waals surface area contributed by atoms with Crippen LogP contribution < -0.4 is 15.4 Å². The van der Waals surface area contributed by atoms with Crippen LogP contribution in [0, 0.1) is 5.82 Å². The lowest BCUT2D eigenvalue weighted by Crippen LogP contribution is -2.35. The van der Waals surface area contributed by atoms with Crippen LogP contribution >= 0.6 is 23.6 Å². The number of rotatable bonds is 10. The van der Waals surface area contributed by atoms with Crippen molar-refractivity contribution in [3.05, 3.63) is 108 Å². The van der Waals surface area contributed by atoms with Crippen molar-refractivity contribution in [1.82, 2.24) is 15.2 Å². The largest absolute Gasteiger partial charge is 0.453 e. The van der Waals surface area contributed by atoms with E-state index >= 15 is 4.39 Å². The number of hydrogen-bond acceptors (Lipinski definition) is 7. The normalized spacial score (nSPS) is 11.0. The molecule has 3 aromatic carbocycles. The van der Waals surface area contributed by atoms with Crippen LogP contribution in [0.25, 0.3) is 20.7 Å². The number of aromatic nitrogens is 1. The molecule has 0 radical (unpaired) electrons. The molecule has 214 valence electrons. The molecule has 5 aromatic rings. The highest BCUT2D eigenvalue weighted by atomic mass is 32.1. The summed E-state index contributed by atoms with van der Waals surface area (Å²) in [6.07, 6.45) is 1.82. The lowest BCUT2D eigenvalue weighted by Gasteiger charge is -2.15. The summed E-state index contributed by atoms with van der Waals surface area (Å²) in [5, 5.41) is 14.7. The van der Waals surface area contributed by atoms with Gasteiger partial charge in [-0.3, -0.25) is 14.7 Å². The maximum Gasteiger partial charge on any atom is 0.230 e. The van der Waals surface area contributed by atoms with Crippen molar-refractivity contribution in [1.29, 1.82) is 0 Å². The molecule has 3 N–H and O–H groups in total. The van der Waals surface area contributed by atoms with Gasteiger partial charge >= 0.3 is 0 Å². The molecule has 1 amide bonds. The predicted octanol–water partition coefficient (Wildman–Crippen LogP) is 6.37. The van der Waals surface area contributed by atoms with Gasteiger partial charge in [0.2, 0.25) is 5.91 Å². The number of amides is 1. The zero-order chi connectivity index (χ0) is 29.5. The molecule has 0 unspecified atom stereocenters. The maximum atomic E-state index is 15.1. The number of benzene rings is 3. The Labute approximate surface area is 252 Å². The summed E-state index contributed by atoms with van der Waals surface area (Å²) >= 11 is 6.75. The molecule has 2 heterocycles. The molecular formula is C32H29FN4O3S2. The second-order valence-electron chi connectivity index (χ2n) is 9.70. The summed E-state index contributed by atoms with van der Waals surface area (Å²) in [6, 6.07) is 25.7. The SMILES string of the molecule is CN(CCO)Cc1ccc(-c2cc3nccc(Oc4ccc(NC(=S)NC(=O)Cc5ccccc5)cc4F)c3s2)cc1.